The quantitative estimate of drug-likeness (QED) is 0.199. The normalized spacial score (nSPS) is 13.1. The summed E-state index contributed by atoms with van der Waals surface area (Å²) >= 11 is 0. The summed E-state index contributed by atoms with van der Waals surface area (Å²) in [7, 11) is 0. The molecule has 38 heavy (non-hydrogen) atoms. The van der Waals surface area contributed by atoms with Crippen molar-refractivity contribution in [2.75, 3.05) is 19.8 Å². The number of benzene rings is 1. The van der Waals surface area contributed by atoms with E-state index in [9.17, 15) is 19.2 Å². The third kappa shape index (κ3) is 12.6. The molecule has 0 fully saturated rings. The maximum Gasteiger partial charge on any atom is 0.513 e. The zero-order valence-electron chi connectivity index (χ0n) is 22.9. The van der Waals surface area contributed by atoms with Crippen LogP contribution < -0.4 is 15.2 Å². The van der Waals surface area contributed by atoms with Gasteiger partial charge in [0.1, 0.15) is 24.9 Å². The van der Waals surface area contributed by atoms with Crippen LogP contribution in [0.25, 0.3) is 0 Å². The smallest absolute Gasteiger partial charge is 0.461 e. The number of carbonyl (C=O) groups excluding carboxylic acids is 4. The van der Waals surface area contributed by atoms with Crippen LogP contribution in [0.1, 0.15) is 59.9 Å². The molecule has 0 bridgehead atoms. The fourth-order valence-electron chi connectivity index (χ4n) is 2.61. The Morgan fingerprint density at radius 3 is 1.92 bits per heavy atom. The van der Waals surface area contributed by atoms with Crippen molar-refractivity contribution in [3.63, 3.8) is 0 Å². The largest absolute Gasteiger partial charge is 0.513 e. The average Bonchev–Trinajstić information content (AvgIpc) is 2.85. The van der Waals surface area contributed by atoms with Gasteiger partial charge in [0.15, 0.2) is 11.5 Å². The van der Waals surface area contributed by atoms with Gasteiger partial charge >= 0.3 is 24.4 Å². The van der Waals surface area contributed by atoms with Gasteiger partial charge in [-0.15, -0.1) is 0 Å². The molecular formula is C26H39NO11. The van der Waals surface area contributed by atoms with Crippen LogP contribution in [-0.2, 0) is 34.9 Å². The number of hydrogen-bond acceptors (Lipinski definition) is 12. The lowest BCUT2D eigenvalue weighted by Gasteiger charge is -2.19. The minimum Gasteiger partial charge on any atom is -0.461 e. The Balaban J connectivity index is 2.77. The number of hydrogen-bond donors (Lipinski definition) is 1. The van der Waals surface area contributed by atoms with E-state index < -0.39 is 36.6 Å². The van der Waals surface area contributed by atoms with E-state index in [1.165, 1.54) is 18.2 Å². The van der Waals surface area contributed by atoms with Crippen molar-refractivity contribution in [2.24, 2.45) is 11.7 Å². The highest BCUT2D eigenvalue weighted by atomic mass is 16.7. The standard InChI is InChI=1S/C26H39NO11/c1-7-11-32-24(29)37-21-10-9-19(14-22(21)38-25(30)33-12-8-2)13-20(27)23(28)34-15-17(5)35-26(31)36-18(6)16(3)4/h9-10,14,16-18,20H,7-8,11-13,15,27H2,1-6H3/t17-,18?,20-/m0/s1. The highest BCUT2D eigenvalue weighted by molar-refractivity contribution is 5.76. The second-order valence-corrected chi connectivity index (χ2v) is 8.87. The molecule has 0 heterocycles. The first-order valence-corrected chi connectivity index (χ1v) is 12.6. The SMILES string of the molecule is CCCOC(=O)Oc1ccc(C[C@H](N)C(=O)OC[C@H](C)OC(=O)OC(C)C(C)C)cc1OC(=O)OCCC. The monoisotopic (exact) mass is 541 g/mol. The molecule has 0 aliphatic heterocycles. The van der Waals surface area contributed by atoms with Crippen LogP contribution in [0.3, 0.4) is 0 Å². The van der Waals surface area contributed by atoms with Crippen molar-refractivity contribution in [1.29, 1.82) is 0 Å². The Morgan fingerprint density at radius 1 is 0.789 bits per heavy atom. The van der Waals surface area contributed by atoms with E-state index >= 15 is 0 Å². The highest BCUT2D eigenvalue weighted by Gasteiger charge is 2.22. The van der Waals surface area contributed by atoms with Crippen molar-refractivity contribution < 1.29 is 52.3 Å². The van der Waals surface area contributed by atoms with E-state index in [2.05, 4.69) is 0 Å². The fraction of sp³-hybridized carbons (Fsp3) is 0.615. The Bertz CT molecular complexity index is 918. The van der Waals surface area contributed by atoms with Crippen LogP contribution in [0.2, 0.25) is 0 Å². The van der Waals surface area contributed by atoms with Gasteiger partial charge in [-0.3, -0.25) is 4.79 Å². The molecular weight excluding hydrogens is 502 g/mol. The Labute approximate surface area is 223 Å². The van der Waals surface area contributed by atoms with Gasteiger partial charge in [0.2, 0.25) is 0 Å². The Hall–Kier alpha value is -3.54. The van der Waals surface area contributed by atoms with Crippen molar-refractivity contribution in [1.82, 2.24) is 0 Å². The summed E-state index contributed by atoms with van der Waals surface area (Å²) in [6.45, 7) is 10.8. The molecule has 0 aromatic heterocycles. The number of rotatable bonds is 14. The summed E-state index contributed by atoms with van der Waals surface area (Å²) in [6, 6.07) is 3.22. The zero-order chi connectivity index (χ0) is 28.7. The fourth-order valence-corrected chi connectivity index (χ4v) is 2.61. The lowest BCUT2D eigenvalue weighted by Crippen LogP contribution is -2.36. The first-order valence-electron chi connectivity index (χ1n) is 12.6. The molecule has 0 spiro atoms. The molecule has 0 aliphatic carbocycles. The van der Waals surface area contributed by atoms with Gasteiger partial charge in [0, 0.05) is 0 Å². The van der Waals surface area contributed by atoms with E-state index in [1.807, 2.05) is 27.7 Å². The van der Waals surface area contributed by atoms with Gasteiger partial charge in [-0.1, -0.05) is 33.8 Å². The molecule has 12 heteroatoms. The third-order valence-corrected chi connectivity index (χ3v) is 4.98. The molecule has 12 nitrogen and oxygen atoms in total. The molecule has 3 atom stereocenters. The summed E-state index contributed by atoms with van der Waals surface area (Å²) in [6.07, 6.45) is -2.71. The van der Waals surface area contributed by atoms with Crippen molar-refractivity contribution in [2.45, 2.75) is 79.1 Å². The molecule has 1 aromatic carbocycles. The van der Waals surface area contributed by atoms with Crippen LogP contribution >= 0.6 is 0 Å². The highest BCUT2D eigenvalue weighted by Crippen LogP contribution is 2.30. The van der Waals surface area contributed by atoms with E-state index in [0.29, 0.717) is 18.4 Å². The van der Waals surface area contributed by atoms with E-state index in [-0.39, 0.29) is 49.8 Å². The topological polar surface area (TPSA) is 159 Å². The van der Waals surface area contributed by atoms with Gasteiger partial charge in [-0.05, 0) is 56.7 Å². The second-order valence-electron chi connectivity index (χ2n) is 8.87. The van der Waals surface area contributed by atoms with Crippen LogP contribution in [0.5, 0.6) is 11.5 Å². The number of ether oxygens (including phenoxy) is 7. The molecule has 0 aliphatic rings. The molecule has 0 radical (unpaired) electrons. The number of nitrogens with two attached hydrogens (primary N) is 1. The van der Waals surface area contributed by atoms with Crippen molar-refractivity contribution in [3.8, 4) is 11.5 Å². The molecule has 0 saturated heterocycles. The van der Waals surface area contributed by atoms with Crippen LogP contribution in [-0.4, -0.2) is 62.5 Å². The lowest BCUT2D eigenvalue weighted by atomic mass is 10.1. The molecule has 214 valence electrons. The van der Waals surface area contributed by atoms with Crippen molar-refractivity contribution in [3.05, 3.63) is 23.8 Å². The number of carbonyl (C=O) groups is 4. The summed E-state index contributed by atoms with van der Waals surface area (Å²) in [5.41, 5.74) is 6.47. The average molecular weight is 542 g/mol. The maximum atomic E-state index is 12.4. The van der Waals surface area contributed by atoms with Crippen LogP contribution in [0.4, 0.5) is 14.4 Å². The van der Waals surface area contributed by atoms with Crippen molar-refractivity contribution >= 4 is 24.4 Å². The van der Waals surface area contributed by atoms with Crippen LogP contribution in [0, 0.1) is 5.92 Å². The van der Waals surface area contributed by atoms with Gasteiger partial charge in [-0.25, -0.2) is 14.4 Å². The number of esters is 1. The molecule has 1 aromatic rings. The molecule has 0 amide bonds. The Kier molecular flexibility index (Phi) is 14.6. The van der Waals surface area contributed by atoms with Gasteiger partial charge in [-0.2, -0.15) is 0 Å². The van der Waals surface area contributed by atoms with E-state index in [0.717, 1.165) is 0 Å². The minimum absolute atomic E-state index is 0.00292. The van der Waals surface area contributed by atoms with E-state index in [4.69, 9.17) is 38.9 Å². The predicted octanol–water partition coefficient (Wildman–Crippen LogP) is 4.54. The van der Waals surface area contributed by atoms with Gasteiger partial charge < -0.3 is 38.9 Å². The Morgan fingerprint density at radius 2 is 1.37 bits per heavy atom. The second kappa shape index (κ2) is 17.1. The first kappa shape index (κ1) is 32.5. The summed E-state index contributed by atoms with van der Waals surface area (Å²) in [4.78, 5) is 48.0. The lowest BCUT2D eigenvalue weighted by molar-refractivity contribution is -0.148. The first-order chi connectivity index (χ1) is 18.0. The van der Waals surface area contributed by atoms with E-state index in [1.54, 1.807) is 13.8 Å². The van der Waals surface area contributed by atoms with Gasteiger partial charge in [0.05, 0.1) is 13.2 Å². The molecule has 0 saturated carbocycles. The van der Waals surface area contributed by atoms with Gasteiger partial charge in [0.25, 0.3) is 0 Å². The zero-order valence-corrected chi connectivity index (χ0v) is 22.9. The molecule has 2 N–H and O–H groups in total. The van der Waals surface area contributed by atoms with Crippen LogP contribution in [0.15, 0.2) is 18.2 Å². The predicted molar refractivity (Wildman–Crippen MR) is 135 cm³/mol. The minimum atomic E-state index is -1.09. The summed E-state index contributed by atoms with van der Waals surface area (Å²) in [5, 5.41) is 0. The summed E-state index contributed by atoms with van der Waals surface area (Å²) < 4.78 is 35.5. The third-order valence-electron chi connectivity index (χ3n) is 4.98. The molecule has 1 unspecified atom stereocenters. The molecule has 1 rings (SSSR count). The maximum absolute atomic E-state index is 12.4. The summed E-state index contributed by atoms with van der Waals surface area (Å²) in [5.74, 6) is -0.812.